The number of esters is 2. The minimum absolute atomic E-state index is 0.0551. The second kappa shape index (κ2) is 9.56. The zero-order valence-electron chi connectivity index (χ0n) is 20.2. The molecule has 0 radical (unpaired) electrons. The molecule has 0 unspecified atom stereocenters. The van der Waals surface area contributed by atoms with Crippen molar-refractivity contribution in [2.24, 2.45) is 5.92 Å². The van der Waals surface area contributed by atoms with Crippen LogP contribution in [0.1, 0.15) is 42.0 Å². The molecule has 1 aromatic heterocycles. The van der Waals surface area contributed by atoms with Crippen molar-refractivity contribution in [2.45, 2.75) is 43.3 Å². The first-order valence-electron chi connectivity index (χ1n) is 12.0. The van der Waals surface area contributed by atoms with Gasteiger partial charge in [0.05, 0.1) is 25.8 Å². The number of likely N-dealkylation sites (tertiary alicyclic amines) is 1. The van der Waals surface area contributed by atoms with Crippen LogP contribution in [0.25, 0.3) is 0 Å². The molecule has 1 amide bonds. The van der Waals surface area contributed by atoms with Crippen LogP contribution in [0.3, 0.4) is 0 Å². The fourth-order valence-corrected chi connectivity index (χ4v) is 5.43. The molecule has 0 N–H and O–H groups in total. The van der Waals surface area contributed by atoms with Gasteiger partial charge in [0.1, 0.15) is 18.1 Å². The summed E-state index contributed by atoms with van der Waals surface area (Å²) < 4.78 is 11.8. The van der Waals surface area contributed by atoms with E-state index in [9.17, 15) is 14.4 Å². The van der Waals surface area contributed by atoms with Gasteiger partial charge in [0.2, 0.25) is 5.91 Å². The highest BCUT2D eigenvalue weighted by molar-refractivity contribution is 5.90. The molecule has 2 atom stereocenters. The second-order valence-electron chi connectivity index (χ2n) is 9.23. The lowest BCUT2D eigenvalue weighted by Gasteiger charge is -2.43. The lowest BCUT2D eigenvalue weighted by molar-refractivity contribution is -0.156. The molecule has 186 valence electrons. The summed E-state index contributed by atoms with van der Waals surface area (Å²) in [6, 6.07) is 17.6. The number of ether oxygens (including phenoxy) is 2. The van der Waals surface area contributed by atoms with Gasteiger partial charge in [-0.2, -0.15) is 0 Å². The molecule has 9 nitrogen and oxygen atoms in total. The molecule has 3 aromatic rings. The molecule has 2 aliphatic rings. The number of aromatic nitrogens is 3. The van der Waals surface area contributed by atoms with E-state index < -0.39 is 29.4 Å². The molecule has 0 spiro atoms. The maximum absolute atomic E-state index is 14.1. The Morgan fingerprint density at radius 2 is 1.50 bits per heavy atom. The van der Waals surface area contributed by atoms with Gasteiger partial charge in [0.15, 0.2) is 0 Å². The van der Waals surface area contributed by atoms with E-state index in [4.69, 9.17) is 9.47 Å². The monoisotopic (exact) mass is 488 g/mol. The van der Waals surface area contributed by atoms with Crippen molar-refractivity contribution in [3.8, 4) is 0 Å². The highest BCUT2D eigenvalue weighted by atomic mass is 16.5. The standard InChI is InChI=1S/C27H28N4O5/c1-35-25(33)21-15-23(26(34)36-2)31(24(32)17-30-16-22(28-29-30)18-13-14-18)27(21,19-9-5-3-6-10-19)20-11-7-4-8-12-20/h3-12,16,18,21,23H,13-15,17H2,1-2H3/t21-,23+/m0/s1. The number of carbonyl (C=O) groups is 3. The van der Waals surface area contributed by atoms with Gasteiger partial charge in [-0.05, 0) is 30.4 Å². The Balaban J connectivity index is 1.69. The minimum atomic E-state index is -1.30. The van der Waals surface area contributed by atoms with E-state index in [-0.39, 0.29) is 18.9 Å². The van der Waals surface area contributed by atoms with E-state index in [1.54, 1.807) is 6.20 Å². The number of hydrogen-bond donors (Lipinski definition) is 0. The number of methoxy groups -OCH3 is 2. The first-order chi connectivity index (χ1) is 17.5. The number of benzene rings is 2. The maximum atomic E-state index is 14.1. The maximum Gasteiger partial charge on any atom is 0.328 e. The molecule has 36 heavy (non-hydrogen) atoms. The van der Waals surface area contributed by atoms with Gasteiger partial charge in [-0.15, -0.1) is 5.10 Å². The summed E-state index contributed by atoms with van der Waals surface area (Å²) in [5, 5.41) is 8.37. The van der Waals surface area contributed by atoms with Crippen LogP contribution >= 0.6 is 0 Å². The average Bonchev–Trinajstić information content (AvgIpc) is 3.56. The largest absolute Gasteiger partial charge is 0.469 e. The van der Waals surface area contributed by atoms with Gasteiger partial charge < -0.3 is 14.4 Å². The van der Waals surface area contributed by atoms with E-state index >= 15 is 0 Å². The lowest BCUT2D eigenvalue weighted by atomic mass is 9.73. The van der Waals surface area contributed by atoms with Crippen molar-refractivity contribution in [2.75, 3.05) is 14.2 Å². The van der Waals surface area contributed by atoms with Gasteiger partial charge in [-0.25, -0.2) is 9.48 Å². The first kappa shape index (κ1) is 23.7. The Labute approximate surface area is 209 Å². The van der Waals surface area contributed by atoms with Gasteiger partial charge in [-0.3, -0.25) is 9.59 Å². The molecule has 2 heterocycles. The second-order valence-corrected chi connectivity index (χ2v) is 9.23. The van der Waals surface area contributed by atoms with Gasteiger partial charge in [-0.1, -0.05) is 65.9 Å². The molecule has 9 heteroatoms. The zero-order valence-corrected chi connectivity index (χ0v) is 20.2. The number of rotatable bonds is 7. The van der Waals surface area contributed by atoms with Crippen LogP contribution in [-0.4, -0.2) is 58.0 Å². The van der Waals surface area contributed by atoms with E-state index in [2.05, 4.69) is 10.3 Å². The Hall–Kier alpha value is -4.01. The minimum Gasteiger partial charge on any atom is -0.469 e. The molecule has 5 rings (SSSR count). The molecule has 0 bridgehead atoms. The molecular weight excluding hydrogens is 460 g/mol. The fourth-order valence-electron chi connectivity index (χ4n) is 5.43. The molecule has 1 saturated heterocycles. The number of nitrogens with zero attached hydrogens (tertiary/aromatic N) is 4. The summed E-state index contributed by atoms with van der Waals surface area (Å²) in [7, 11) is 2.60. The van der Waals surface area contributed by atoms with Crippen LogP contribution in [0, 0.1) is 5.92 Å². The third kappa shape index (κ3) is 3.94. The highest BCUT2D eigenvalue weighted by Gasteiger charge is 2.62. The Morgan fingerprint density at radius 3 is 2.03 bits per heavy atom. The van der Waals surface area contributed by atoms with Crippen LogP contribution in [0.5, 0.6) is 0 Å². The quantitative estimate of drug-likeness (QED) is 0.471. The van der Waals surface area contributed by atoms with Crippen LogP contribution in [0.4, 0.5) is 0 Å². The van der Waals surface area contributed by atoms with Crippen molar-refractivity contribution in [1.82, 2.24) is 19.9 Å². The average molecular weight is 489 g/mol. The first-order valence-corrected chi connectivity index (χ1v) is 12.0. The van der Waals surface area contributed by atoms with E-state index in [1.165, 1.54) is 23.8 Å². The van der Waals surface area contributed by atoms with E-state index in [1.807, 2.05) is 60.7 Å². The highest BCUT2D eigenvalue weighted by Crippen LogP contribution is 2.52. The Kier molecular flexibility index (Phi) is 6.30. The van der Waals surface area contributed by atoms with Crippen molar-refractivity contribution >= 4 is 17.8 Å². The number of hydrogen-bond acceptors (Lipinski definition) is 7. The zero-order chi connectivity index (χ0) is 25.3. The summed E-state index contributed by atoms with van der Waals surface area (Å²) in [5.74, 6) is -1.94. The number of carbonyl (C=O) groups excluding carboxylic acids is 3. The predicted octanol–water partition coefficient (Wildman–Crippen LogP) is 2.66. The summed E-state index contributed by atoms with van der Waals surface area (Å²) in [5.41, 5.74) is 0.955. The smallest absolute Gasteiger partial charge is 0.328 e. The van der Waals surface area contributed by atoms with Crippen molar-refractivity contribution in [1.29, 1.82) is 0 Å². The van der Waals surface area contributed by atoms with Crippen LogP contribution in [-0.2, 0) is 35.9 Å². The number of amides is 1. The van der Waals surface area contributed by atoms with Gasteiger partial charge >= 0.3 is 11.9 Å². The third-order valence-electron chi connectivity index (χ3n) is 7.16. The molecule has 2 fully saturated rings. The van der Waals surface area contributed by atoms with E-state index in [0.29, 0.717) is 17.0 Å². The predicted molar refractivity (Wildman–Crippen MR) is 128 cm³/mol. The van der Waals surface area contributed by atoms with E-state index in [0.717, 1.165) is 18.5 Å². The summed E-state index contributed by atoms with van der Waals surface area (Å²) in [6.07, 6.45) is 3.97. The summed E-state index contributed by atoms with van der Waals surface area (Å²) >= 11 is 0. The van der Waals surface area contributed by atoms with Crippen molar-refractivity contribution < 1.29 is 23.9 Å². The normalized spacial score (nSPS) is 20.7. The molecule has 1 aliphatic heterocycles. The van der Waals surface area contributed by atoms with Crippen LogP contribution in [0.2, 0.25) is 0 Å². The topological polar surface area (TPSA) is 104 Å². The lowest BCUT2D eigenvalue weighted by Crippen LogP contribution is -2.55. The molecular formula is C27H28N4O5. The third-order valence-corrected chi connectivity index (χ3v) is 7.16. The molecule has 1 saturated carbocycles. The van der Waals surface area contributed by atoms with Crippen molar-refractivity contribution in [3.05, 3.63) is 83.7 Å². The summed E-state index contributed by atoms with van der Waals surface area (Å²) in [6.45, 7) is -0.136. The van der Waals surface area contributed by atoms with Crippen LogP contribution in [0.15, 0.2) is 66.9 Å². The van der Waals surface area contributed by atoms with Crippen LogP contribution < -0.4 is 0 Å². The fraction of sp³-hybridized carbons (Fsp3) is 0.370. The molecule has 1 aliphatic carbocycles. The van der Waals surface area contributed by atoms with Gasteiger partial charge in [0.25, 0.3) is 0 Å². The Bertz CT molecular complexity index is 1220. The molecule has 2 aromatic carbocycles. The van der Waals surface area contributed by atoms with Crippen molar-refractivity contribution in [3.63, 3.8) is 0 Å². The summed E-state index contributed by atoms with van der Waals surface area (Å²) in [4.78, 5) is 42.0. The Morgan fingerprint density at radius 1 is 0.917 bits per heavy atom. The SMILES string of the molecule is COC(=O)[C@H]1C[C@@H](C(=O)OC)C(c2ccccc2)(c2ccccc2)N1C(=O)Cn1cc(C2CC2)nn1. The van der Waals surface area contributed by atoms with Gasteiger partial charge in [0, 0.05) is 12.1 Å².